The van der Waals surface area contributed by atoms with E-state index in [-0.39, 0.29) is 5.78 Å². The van der Waals surface area contributed by atoms with E-state index in [9.17, 15) is 4.79 Å². The Morgan fingerprint density at radius 3 is 2.86 bits per heavy atom. The van der Waals surface area contributed by atoms with Crippen molar-refractivity contribution in [3.63, 3.8) is 0 Å². The van der Waals surface area contributed by atoms with Gasteiger partial charge in [0.1, 0.15) is 13.2 Å². The van der Waals surface area contributed by atoms with Gasteiger partial charge >= 0.3 is 0 Å². The number of carbonyl (C=O) groups is 1. The van der Waals surface area contributed by atoms with Crippen LogP contribution in [0, 0.1) is 0 Å². The smallest absolute Gasteiger partial charge is 0.260 e. The maximum Gasteiger partial charge on any atom is 0.260 e. The average Bonchev–Trinajstić information content (AvgIpc) is 3.24. The van der Waals surface area contributed by atoms with Crippen molar-refractivity contribution in [2.75, 3.05) is 33.3 Å². The summed E-state index contributed by atoms with van der Waals surface area (Å²) < 4.78 is 8.87. The van der Waals surface area contributed by atoms with E-state index in [1.165, 1.54) is 32.0 Å². The molecule has 4 rings (SSSR count). The summed E-state index contributed by atoms with van der Waals surface area (Å²) in [6.07, 6.45) is 7.55. The summed E-state index contributed by atoms with van der Waals surface area (Å²) >= 11 is 0. The minimum atomic E-state index is -0.0876. The molecule has 0 radical (unpaired) electrons. The van der Waals surface area contributed by atoms with Gasteiger partial charge < -0.3 is 15.0 Å². The number of fused-ring (bicyclic) bond motifs is 1. The molecule has 2 aromatic heterocycles. The Morgan fingerprint density at radius 1 is 1.29 bits per heavy atom. The topological polar surface area (TPSA) is 82.0 Å². The number of ether oxygens (including phenoxy) is 1. The van der Waals surface area contributed by atoms with Crippen LogP contribution in [0.2, 0.25) is 0 Å². The summed E-state index contributed by atoms with van der Waals surface area (Å²) in [6, 6.07) is 5.79. The fraction of sp³-hybridized carbons (Fsp3) is 0.381. The first-order valence-corrected chi connectivity index (χ1v) is 9.68. The number of quaternary nitrogens is 1. The monoisotopic (exact) mass is 380 g/mol. The van der Waals surface area contributed by atoms with Gasteiger partial charge in [-0.25, -0.2) is 9.51 Å². The van der Waals surface area contributed by atoms with E-state index < -0.39 is 0 Å². The van der Waals surface area contributed by atoms with Crippen LogP contribution in [-0.2, 0) is 4.79 Å². The van der Waals surface area contributed by atoms with Crippen LogP contribution in [0.1, 0.15) is 19.8 Å². The van der Waals surface area contributed by atoms with Gasteiger partial charge in [0.05, 0.1) is 37.1 Å². The first kappa shape index (κ1) is 18.4. The molecule has 1 aliphatic carbocycles. The second-order valence-electron chi connectivity index (χ2n) is 7.82. The summed E-state index contributed by atoms with van der Waals surface area (Å²) in [4.78, 5) is 16.5. The fourth-order valence-corrected chi connectivity index (χ4v) is 3.76. The number of allylic oxidation sites excluding steroid dienone is 3. The molecule has 0 spiro atoms. The third-order valence-corrected chi connectivity index (χ3v) is 5.56. The van der Waals surface area contributed by atoms with Crippen LogP contribution >= 0.6 is 0 Å². The molecule has 0 unspecified atom stereocenters. The Kier molecular flexibility index (Phi) is 4.77. The standard InChI is InChI=1S/C21H25N5O2/c1-15-13-17(16(22)14-19(15)27)23-20-18-7-3-4-8-25(18)24-21(20)28-12-11-26(2)9-5-6-10-26/h3-4,7-8,13-14H,5-6,9-12H2,1-2H3,(H-,22,27)/p+1/b23-17+. The van der Waals surface area contributed by atoms with Crippen molar-refractivity contribution in [2.24, 2.45) is 10.7 Å². The number of rotatable bonds is 5. The highest BCUT2D eigenvalue weighted by Crippen LogP contribution is 2.33. The van der Waals surface area contributed by atoms with Crippen molar-refractivity contribution < 1.29 is 14.0 Å². The summed E-state index contributed by atoms with van der Waals surface area (Å²) in [6.45, 7) is 5.68. The Labute approximate surface area is 164 Å². The predicted octanol–water partition coefficient (Wildman–Crippen LogP) is 2.40. The van der Waals surface area contributed by atoms with Gasteiger partial charge in [-0.3, -0.25) is 4.79 Å². The SMILES string of the molecule is CC1=C/C(=N\c2c(OCC[N+]3(C)CCCC3)nn3ccccc23)C(N)=CC1=O. The number of nitrogens with zero attached hydrogens (tertiary/aromatic N) is 4. The lowest BCUT2D eigenvalue weighted by Gasteiger charge is -2.28. The van der Waals surface area contributed by atoms with Crippen LogP contribution in [0.25, 0.3) is 5.52 Å². The zero-order valence-corrected chi connectivity index (χ0v) is 16.4. The molecular weight excluding hydrogens is 354 g/mol. The largest absolute Gasteiger partial charge is 0.469 e. The maximum atomic E-state index is 11.8. The van der Waals surface area contributed by atoms with E-state index in [0.29, 0.717) is 35.2 Å². The maximum absolute atomic E-state index is 11.8. The number of carbonyl (C=O) groups excluding carboxylic acids is 1. The zero-order chi connectivity index (χ0) is 19.7. The summed E-state index contributed by atoms with van der Waals surface area (Å²) in [5.41, 5.74) is 9.02. The molecule has 0 atom stereocenters. The Bertz CT molecular complexity index is 1010. The first-order valence-electron chi connectivity index (χ1n) is 9.68. The van der Waals surface area contributed by atoms with Gasteiger partial charge in [0.15, 0.2) is 11.5 Å². The van der Waals surface area contributed by atoms with Crippen molar-refractivity contribution in [1.29, 1.82) is 0 Å². The normalized spacial score (nSPS) is 20.5. The molecule has 0 aromatic carbocycles. The van der Waals surface area contributed by atoms with Gasteiger partial charge in [-0.15, -0.1) is 5.10 Å². The van der Waals surface area contributed by atoms with Crippen LogP contribution in [0.15, 0.2) is 52.8 Å². The molecule has 2 aromatic rings. The third kappa shape index (κ3) is 3.57. The molecule has 1 fully saturated rings. The fourth-order valence-electron chi connectivity index (χ4n) is 3.76. The minimum absolute atomic E-state index is 0.0876. The van der Waals surface area contributed by atoms with E-state index >= 15 is 0 Å². The van der Waals surface area contributed by atoms with Crippen molar-refractivity contribution in [1.82, 2.24) is 9.61 Å². The van der Waals surface area contributed by atoms with Gasteiger partial charge in [0.25, 0.3) is 5.88 Å². The number of ketones is 1. The quantitative estimate of drug-likeness (QED) is 0.638. The Hall–Kier alpha value is -2.93. The number of hydrogen-bond acceptors (Lipinski definition) is 5. The van der Waals surface area contributed by atoms with Crippen LogP contribution in [-0.4, -0.2) is 58.9 Å². The van der Waals surface area contributed by atoms with E-state index in [1.54, 1.807) is 17.5 Å². The third-order valence-electron chi connectivity index (χ3n) is 5.56. The molecule has 2 aliphatic rings. The number of aromatic nitrogens is 2. The van der Waals surface area contributed by atoms with Gasteiger partial charge in [-0.05, 0) is 30.7 Å². The minimum Gasteiger partial charge on any atom is -0.469 e. The molecular formula is C21H26N5O2+. The molecule has 28 heavy (non-hydrogen) atoms. The van der Waals surface area contributed by atoms with Gasteiger partial charge in [0.2, 0.25) is 0 Å². The molecule has 0 saturated carbocycles. The number of likely N-dealkylation sites (N-methyl/N-ethyl adjacent to an activating group) is 1. The Balaban J connectivity index is 1.65. The zero-order valence-electron chi connectivity index (χ0n) is 16.4. The number of likely N-dealkylation sites (tertiary alicyclic amines) is 1. The van der Waals surface area contributed by atoms with Gasteiger partial charge in [0, 0.05) is 25.1 Å². The molecule has 1 aliphatic heterocycles. The predicted molar refractivity (Wildman–Crippen MR) is 109 cm³/mol. The van der Waals surface area contributed by atoms with Crippen molar-refractivity contribution >= 4 is 22.7 Å². The Morgan fingerprint density at radius 2 is 2.07 bits per heavy atom. The number of hydrogen-bond donors (Lipinski definition) is 1. The van der Waals surface area contributed by atoms with E-state index in [0.717, 1.165) is 16.5 Å². The average molecular weight is 380 g/mol. The summed E-state index contributed by atoms with van der Waals surface area (Å²) in [5.74, 6) is 0.399. The lowest BCUT2D eigenvalue weighted by Crippen LogP contribution is -2.43. The van der Waals surface area contributed by atoms with Crippen molar-refractivity contribution in [3.8, 4) is 5.88 Å². The molecule has 1 saturated heterocycles. The van der Waals surface area contributed by atoms with Crippen LogP contribution in [0.3, 0.4) is 0 Å². The number of pyridine rings is 1. The number of aliphatic imine (C=N–C) groups is 1. The van der Waals surface area contributed by atoms with E-state index in [1.807, 2.05) is 24.4 Å². The van der Waals surface area contributed by atoms with E-state index in [4.69, 9.17) is 15.5 Å². The van der Waals surface area contributed by atoms with Crippen LogP contribution < -0.4 is 10.5 Å². The van der Waals surface area contributed by atoms with Crippen molar-refractivity contribution in [3.05, 3.63) is 47.8 Å². The number of nitrogens with two attached hydrogens (primary N) is 1. The lowest BCUT2D eigenvalue weighted by atomic mass is 10.0. The highest BCUT2D eigenvalue weighted by atomic mass is 16.5. The molecule has 3 heterocycles. The molecule has 0 amide bonds. The lowest BCUT2D eigenvalue weighted by molar-refractivity contribution is -0.897. The summed E-state index contributed by atoms with van der Waals surface area (Å²) in [7, 11) is 2.28. The molecule has 146 valence electrons. The highest BCUT2D eigenvalue weighted by molar-refractivity contribution is 6.22. The highest BCUT2D eigenvalue weighted by Gasteiger charge is 2.27. The first-order chi connectivity index (χ1) is 13.5. The van der Waals surface area contributed by atoms with Gasteiger partial charge in [-0.1, -0.05) is 6.07 Å². The molecule has 2 N–H and O–H groups in total. The second kappa shape index (κ2) is 7.24. The van der Waals surface area contributed by atoms with Crippen LogP contribution in [0.4, 0.5) is 5.69 Å². The molecule has 7 nitrogen and oxygen atoms in total. The van der Waals surface area contributed by atoms with E-state index in [2.05, 4.69) is 12.1 Å². The summed E-state index contributed by atoms with van der Waals surface area (Å²) in [5, 5.41) is 4.56. The van der Waals surface area contributed by atoms with Crippen molar-refractivity contribution in [2.45, 2.75) is 19.8 Å². The second-order valence-corrected chi connectivity index (χ2v) is 7.82. The van der Waals surface area contributed by atoms with Gasteiger partial charge in [-0.2, -0.15) is 0 Å². The molecule has 0 bridgehead atoms. The van der Waals surface area contributed by atoms with Crippen LogP contribution in [0.5, 0.6) is 5.88 Å². The molecule has 7 heteroatoms.